The molecule has 1 aromatic rings. The third-order valence-electron chi connectivity index (χ3n) is 2.66. The lowest BCUT2D eigenvalue weighted by Gasteiger charge is -2.19. The van der Waals surface area contributed by atoms with Crippen LogP contribution >= 0.6 is 0 Å². The van der Waals surface area contributed by atoms with Gasteiger partial charge in [0.15, 0.2) is 6.61 Å². The molecule has 19 heavy (non-hydrogen) atoms. The van der Waals surface area contributed by atoms with Gasteiger partial charge in [-0.05, 0) is 18.6 Å². The molecular weight excluding hydrogens is 246 g/mol. The van der Waals surface area contributed by atoms with E-state index in [4.69, 9.17) is 14.3 Å². The molecule has 0 amide bonds. The fourth-order valence-electron chi connectivity index (χ4n) is 1.71. The third-order valence-corrected chi connectivity index (χ3v) is 2.66. The van der Waals surface area contributed by atoms with E-state index in [1.54, 1.807) is 13.3 Å². The Hall–Kier alpha value is -1.82. The number of nitrogens with zero attached hydrogens (tertiary/aromatic N) is 2. The first-order valence-electron chi connectivity index (χ1n) is 6.32. The summed E-state index contributed by atoms with van der Waals surface area (Å²) in [7, 11) is 1.63. The summed E-state index contributed by atoms with van der Waals surface area (Å²) in [5, 5.41) is 7.18. The minimum absolute atomic E-state index is 0.0788. The van der Waals surface area contributed by atoms with Gasteiger partial charge in [-0.3, -0.25) is 4.98 Å². The fourth-order valence-corrected chi connectivity index (χ4v) is 1.71. The summed E-state index contributed by atoms with van der Waals surface area (Å²) < 4.78 is 10.6. The van der Waals surface area contributed by atoms with E-state index < -0.39 is 0 Å². The highest BCUT2D eigenvalue weighted by atomic mass is 16.7. The standard InChI is InChI=1S/C13H19N3O3/c1-10-9-18-16-13(19-10)3-4-14-6-11-5-12(17-2)8-15-7-11/h5,7-8,10,14H,3-4,6,9H2,1-2H3. The molecule has 6 nitrogen and oxygen atoms in total. The van der Waals surface area contributed by atoms with E-state index in [2.05, 4.69) is 15.5 Å². The summed E-state index contributed by atoms with van der Waals surface area (Å²) in [5.41, 5.74) is 1.08. The number of oxime groups is 1. The van der Waals surface area contributed by atoms with E-state index in [9.17, 15) is 0 Å². The van der Waals surface area contributed by atoms with E-state index in [1.165, 1.54) is 0 Å². The Morgan fingerprint density at radius 1 is 1.47 bits per heavy atom. The van der Waals surface area contributed by atoms with E-state index in [0.29, 0.717) is 18.9 Å². The Balaban J connectivity index is 1.70. The minimum atomic E-state index is 0.0788. The van der Waals surface area contributed by atoms with Gasteiger partial charge in [0.2, 0.25) is 5.90 Å². The molecule has 0 fully saturated rings. The SMILES string of the molecule is COc1cncc(CNCCC2=NOCC(C)O2)c1. The zero-order valence-corrected chi connectivity index (χ0v) is 11.3. The van der Waals surface area contributed by atoms with Gasteiger partial charge >= 0.3 is 0 Å². The van der Waals surface area contributed by atoms with Gasteiger partial charge in [0.25, 0.3) is 0 Å². The highest BCUT2D eigenvalue weighted by Crippen LogP contribution is 2.10. The Morgan fingerprint density at radius 3 is 3.16 bits per heavy atom. The molecule has 0 saturated heterocycles. The molecule has 0 aliphatic carbocycles. The molecule has 0 aromatic carbocycles. The van der Waals surface area contributed by atoms with Gasteiger partial charge in [-0.1, -0.05) is 5.16 Å². The average molecular weight is 265 g/mol. The molecule has 1 aliphatic rings. The predicted molar refractivity (Wildman–Crippen MR) is 71.0 cm³/mol. The largest absolute Gasteiger partial charge is 0.495 e. The number of hydrogen-bond acceptors (Lipinski definition) is 6. The number of rotatable bonds is 6. The highest BCUT2D eigenvalue weighted by molar-refractivity contribution is 5.76. The minimum Gasteiger partial charge on any atom is -0.495 e. The highest BCUT2D eigenvalue weighted by Gasteiger charge is 2.13. The predicted octanol–water partition coefficient (Wildman–Crippen LogP) is 1.32. The van der Waals surface area contributed by atoms with Gasteiger partial charge in [0.05, 0.1) is 13.3 Å². The summed E-state index contributed by atoms with van der Waals surface area (Å²) in [4.78, 5) is 9.15. The van der Waals surface area contributed by atoms with Crippen LogP contribution in [0.3, 0.4) is 0 Å². The lowest BCUT2D eigenvalue weighted by molar-refractivity contribution is 0.0158. The van der Waals surface area contributed by atoms with Crippen molar-refractivity contribution in [3.05, 3.63) is 24.0 Å². The van der Waals surface area contributed by atoms with E-state index in [-0.39, 0.29) is 6.10 Å². The molecule has 1 aliphatic heterocycles. The van der Waals surface area contributed by atoms with Crippen LogP contribution in [0.25, 0.3) is 0 Å². The van der Waals surface area contributed by atoms with Crippen LogP contribution in [0.5, 0.6) is 5.75 Å². The smallest absolute Gasteiger partial charge is 0.227 e. The van der Waals surface area contributed by atoms with Crippen molar-refractivity contribution in [3.8, 4) is 5.75 Å². The Bertz CT molecular complexity index is 437. The quantitative estimate of drug-likeness (QED) is 0.786. The third kappa shape index (κ3) is 4.40. The summed E-state index contributed by atoms with van der Waals surface area (Å²) in [5.74, 6) is 1.41. The van der Waals surface area contributed by atoms with Crippen LogP contribution in [0.1, 0.15) is 18.9 Å². The maximum atomic E-state index is 5.53. The molecule has 6 heteroatoms. The molecule has 2 heterocycles. The van der Waals surface area contributed by atoms with Crippen LogP contribution in [0.2, 0.25) is 0 Å². The molecule has 0 radical (unpaired) electrons. The average Bonchev–Trinajstić information content (AvgIpc) is 2.44. The van der Waals surface area contributed by atoms with Crippen LogP contribution in [-0.4, -0.2) is 37.2 Å². The van der Waals surface area contributed by atoms with Gasteiger partial charge < -0.3 is 19.6 Å². The van der Waals surface area contributed by atoms with Crippen LogP contribution in [0.4, 0.5) is 0 Å². The number of methoxy groups -OCH3 is 1. The fraction of sp³-hybridized carbons (Fsp3) is 0.538. The molecule has 104 valence electrons. The first kappa shape index (κ1) is 13.6. The maximum absolute atomic E-state index is 5.53. The second kappa shape index (κ2) is 6.94. The molecule has 2 rings (SSSR count). The number of nitrogens with one attached hydrogen (secondary N) is 1. The maximum Gasteiger partial charge on any atom is 0.227 e. The Labute approximate surface area is 112 Å². The van der Waals surface area contributed by atoms with Crippen molar-refractivity contribution in [1.29, 1.82) is 0 Å². The molecule has 0 spiro atoms. The summed E-state index contributed by atoms with van der Waals surface area (Å²) in [6.45, 7) is 3.98. The number of aromatic nitrogens is 1. The van der Waals surface area contributed by atoms with Crippen molar-refractivity contribution < 1.29 is 14.3 Å². The summed E-state index contributed by atoms with van der Waals surface area (Å²) in [6.07, 6.45) is 4.29. The second-order valence-electron chi connectivity index (χ2n) is 4.37. The van der Waals surface area contributed by atoms with Crippen LogP contribution in [0, 0.1) is 0 Å². The van der Waals surface area contributed by atoms with Gasteiger partial charge in [-0.2, -0.15) is 0 Å². The zero-order chi connectivity index (χ0) is 13.5. The van der Waals surface area contributed by atoms with Crippen LogP contribution in [-0.2, 0) is 16.1 Å². The first-order chi connectivity index (χ1) is 9.28. The van der Waals surface area contributed by atoms with Gasteiger partial charge in [0.1, 0.15) is 11.9 Å². The zero-order valence-electron chi connectivity index (χ0n) is 11.3. The summed E-state index contributed by atoms with van der Waals surface area (Å²) >= 11 is 0. The van der Waals surface area contributed by atoms with Crippen molar-refractivity contribution in [2.24, 2.45) is 5.16 Å². The lowest BCUT2D eigenvalue weighted by Crippen LogP contribution is -2.27. The topological polar surface area (TPSA) is 65.0 Å². The monoisotopic (exact) mass is 265 g/mol. The molecule has 1 unspecified atom stereocenters. The second-order valence-corrected chi connectivity index (χ2v) is 4.37. The van der Waals surface area contributed by atoms with Crippen molar-refractivity contribution in [3.63, 3.8) is 0 Å². The van der Waals surface area contributed by atoms with Crippen LogP contribution in [0.15, 0.2) is 23.6 Å². The van der Waals surface area contributed by atoms with Gasteiger partial charge in [-0.25, -0.2) is 0 Å². The molecular formula is C13H19N3O3. The van der Waals surface area contributed by atoms with Crippen molar-refractivity contribution in [1.82, 2.24) is 10.3 Å². The van der Waals surface area contributed by atoms with E-state index in [0.717, 1.165) is 24.4 Å². The first-order valence-corrected chi connectivity index (χ1v) is 6.32. The number of ether oxygens (including phenoxy) is 2. The Morgan fingerprint density at radius 2 is 2.37 bits per heavy atom. The van der Waals surface area contributed by atoms with Crippen LogP contribution < -0.4 is 10.1 Å². The molecule has 1 aromatic heterocycles. The van der Waals surface area contributed by atoms with Crippen molar-refractivity contribution in [2.75, 3.05) is 20.3 Å². The van der Waals surface area contributed by atoms with E-state index >= 15 is 0 Å². The number of pyridine rings is 1. The molecule has 1 atom stereocenters. The van der Waals surface area contributed by atoms with Crippen molar-refractivity contribution in [2.45, 2.75) is 26.0 Å². The molecule has 0 saturated carbocycles. The lowest BCUT2D eigenvalue weighted by atomic mass is 10.2. The molecule has 0 bridgehead atoms. The van der Waals surface area contributed by atoms with Crippen molar-refractivity contribution >= 4 is 5.90 Å². The van der Waals surface area contributed by atoms with Gasteiger partial charge in [-0.15, -0.1) is 0 Å². The number of hydrogen-bond donors (Lipinski definition) is 1. The summed E-state index contributed by atoms with van der Waals surface area (Å²) in [6, 6.07) is 1.96. The van der Waals surface area contributed by atoms with E-state index in [1.807, 2.05) is 19.2 Å². The Kier molecular flexibility index (Phi) is 4.97. The molecule has 1 N–H and O–H groups in total. The normalized spacial score (nSPS) is 18.2. The van der Waals surface area contributed by atoms with Gasteiger partial charge in [0, 0.05) is 25.7 Å².